The zero-order valence-electron chi connectivity index (χ0n) is 15.6. The highest BCUT2D eigenvalue weighted by Crippen LogP contribution is 2.27. The van der Waals surface area contributed by atoms with Crippen molar-refractivity contribution in [3.63, 3.8) is 0 Å². The minimum Gasteiger partial charge on any atom is -0.491 e. The van der Waals surface area contributed by atoms with Gasteiger partial charge >= 0.3 is 0 Å². The predicted octanol–water partition coefficient (Wildman–Crippen LogP) is 1.98. The van der Waals surface area contributed by atoms with Crippen LogP contribution in [0.4, 0.5) is 5.69 Å². The molecule has 7 heteroatoms. The summed E-state index contributed by atoms with van der Waals surface area (Å²) in [7, 11) is 0. The highest BCUT2D eigenvalue weighted by molar-refractivity contribution is 6.00. The van der Waals surface area contributed by atoms with E-state index in [1.54, 1.807) is 23.5 Å². The number of ether oxygens (including phenoxy) is 1. The normalized spacial score (nSPS) is 16.6. The van der Waals surface area contributed by atoms with Crippen molar-refractivity contribution in [1.29, 1.82) is 0 Å². The van der Waals surface area contributed by atoms with Crippen LogP contribution in [0, 0.1) is 5.92 Å². The lowest BCUT2D eigenvalue weighted by Crippen LogP contribution is -2.34. The molecule has 27 heavy (non-hydrogen) atoms. The Bertz CT molecular complexity index is 778. The molecular formula is C20H24N4O3. The fraction of sp³-hybridized carbons (Fsp3) is 0.400. The van der Waals surface area contributed by atoms with Crippen molar-refractivity contribution in [1.82, 2.24) is 15.3 Å². The molecule has 0 saturated carbocycles. The van der Waals surface area contributed by atoms with Gasteiger partial charge in [0.2, 0.25) is 11.8 Å². The number of nitrogens with zero attached hydrogens (tertiary/aromatic N) is 3. The molecule has 0 aliphatic carbocycles. The van der Waals surface area contributed by atoms with E-state index in [4.69, 9.17) is 4.74 Å². The molecule has 1 aliphatic rings. The van der Waals surface area contributed by atoms with Crippen LogP contribution in [0.15, 0.2) is 42.9 Å². The van der Waals surface area contributed by atoms with Crippen LogP contribution >= 0.6 is 0 Å². The third-order valence-electron chi connectivity index (χ3n) is 4.31. The van der Waals surface area contributed by atoms with Crippen molar-refractivity contribution in [2.24, 2.45) is 5.92 Å². The van der Waals surface area contributed by atoms with E-state index in [1.165, 1.54) is 0 Å². The summed E-state index contributed by atoms with van der Waals surface area (Å²) in [6.07, 6.45) is 5.85. The van der Waals surface area contributed by atoms with Gasteiger partial charge in [0.05, 0.1) is 17.7 Å². The molecule has 1 aliphatic heterocycles. The van der Waals surface area contributed by atoms with Crippen molar-refractivity contribution < 1.29 is 14.3 Å². The zero-order chi connectivity index (χ0) is 19.2. The Morgan fingerprint density at radius 1 is 1.30 bits per heavy atom. The van der Waals surface area contributed by atoms with Gasteiger partial charge in [-0.05, 0) is 38.1 Å². The lowest BCUT2D eigenvalue weighted by atomic mass is 10.1. The van der Waals surface area contributed by atoms with E-state index in [2.05, 4.69) is 15.3 Å². The van der Waals surface area contributed by atoms with Gasteiger partial charge in [-0.25, -0.2) is 0 Å². The van der Waals surface area contributed by atoms with Gasteiger partial charge in [-0.2, -0.15) is 0 Å². The first-order chi connectivity index (χ1) is 13.0. The van der Waals surface area contributed by atoms with E-state index in [0.29, 0.717) is 19.5 Å². The maximum atomic E-state index is 12.4. The zero-order valence-corrected chi connectivity index (χ0v) is 15.6. The lowest BCUT2D eigenvalue weighted by Gasteiger charge is -2.18. The first kappa shape index (κ1) is 18.8. The summed E-state index contributed by atoms with van der Waals surface area (Å²) in [5.41, 5.74) is 1.61. The molecule has 2 heterocycles. The Kier molecular flexibility index (Phi) is 6.01. The molecule has 0 radical (unpaired) electrons. The Labute approximate surface area is 158 Å². The molecular weight excluding hydrogens is 344 g/mol. The third-order valence-corrected chi connectivity index (χ3v) is 4.31. The lowest BCUT2D eigenvalue weighted by molar-refractivity contribution is -0.126. The van der Waals surface area contributed by atoms with Crippen LogP contribution in [0.5, 0.6) is 5.75 Å². The molecule has 1 unspecified atom stereocenters. The Hall–Kier alpha value is -2.96. The number of nitrogens with one attached hydrogen (secondary N) is 1. The summed E-state index contributed by atoms with van der Waals surface area (Å²) < 4.78 is 5.62. The van der Waals surface area contributed by atoms with Crippen LogP contribution in [-0.2, 0) is 16.0 Å². The molecule has 142 valence electrons. The minimum atomic E-state index is -0.342. The minimum absolute atomic E-state index is 0.0402. The molecule has 7 nitrogen and oxygen atoms in total. The monoisotopic (exact) mass is 368 g/mol. The summed E-state index contributed by atoms with van der Waals surface area (Å²) in [6.45, 7) is 4.79. The topological polar surface area (TPSA) is 84.4 Å². The Morgan fingerprint density at radius 3 is 2.74 bits per heavy atom. The number of carbonyl (C=O) groups excluding carboxylic acids is 2. The molecule has 2 aromatic rings. The molecule has 0 spiro atoms. The van der Waals surface area contributed by atoms with Gasteiger partial charge in [-0.1, -0.05) is 0 Å². The number of benzene rings is 1. The van der Waals surface area contributed by atoms with Gasteiger partial charge in [0.25, 0.3) is 0 Å². The van der Waals surface area contributed by atoms with E-state index in [1.807, 2.05) is 38.1 Å². The maximum absolute atomic E-state index is 12.4. The summed E-state index contributed by atoms with van der Waals surface area (Å²) in [5.74, 6) is 0.278. The van der Waals surface area contributed by atoms with Gasteiger partial charge in [0.1, 0.15) is 5.75 Å². The number of rotatable bonds is 7. The molecule has 1 saturated heterocycles. The van der Waals surface area contributed by atoms with Gasteiger partial charge < -0.3 is 15.0 Å². The second-order valence-electron chi connectivity index (χ2n) is 6.80. The highest BCUT2D eigenvalue weighted by atomic mass is 16.5. The summed E-state index contributed by atoms with van der Waals surface area (Å²) in [6, 6.07) is 7.39. The Morgan fingerprint density at radius 2 is 2.07 bits per heavy atom. The van der Waals surface area contributed by atoms with Gasteiger partial charge in [0, 0.05) is 50.2 Å². The molecule has 2 amide bonds. The third kappa shape index (κ3) is 5.03. The van der Waals surface area contributed by atoms with E-state index >= 15 is 0 Å². The standard InChI is InChI=1S/C20H24N4O3/c1-14(2)27-18-5-3-17(4-6-18)24-13-15(11-19(24)25)20(26)23-8-7-16-12-21-9-10-22-16/h3-6,9-10,12,14-15H,7-8,11,13H2,1-2H3,(H,23,26). The first-order valence-corrected chi connectivity index (χ1v) is 9.12. The average molecular weight is 368 g/mol. The van der Waals surface area contributed by atoms with Gasteiger partial charge in [-0.3, -0.25) is 19.6 Å². The van der Waals surface area contributed by atoms with E-state index in [0.717, 1.165) is 17.1 Å². The fourth-order valence-electron chi connectivity index (χ4n) is 3.03. The molecule has 1 atom stereocenters. The Balaban J connectivity index is 1.52. The second kappa shape index (κ2) is 8.62. The number of aromatic nitrogens is 2. The fourth-order valence-corrected chi connectivity index (χ4v) is 3.03. The summed E-state index contributed by atoms with van der Waals surface area (Å²) >= 11 is 0. The van der Waals surface area contributed by atoms with Crippen molar-refractivity contribution in [3.8, 4) is 5.75 Å². The van der Waals surface area contributed by atoms with Crippen LogP contribution in [-0.4, -0.2) is 41.0 Å². The molecule has 3 rings (SSSR count). The number of anilines is 1. The van der Waals surface area contributed by atoms with Crippen molar-refractivity contribution in [2.45, 2.75) is 32.8 Å². The van der Waals surface area contributed by atoms with Gasteiger partial charge in [0.15, 0.2) is 0 Å². The number of hydrogen-bond acceptors (Lipinski definition) is 5. The van der Waals surface area contributed by atoms with Crippen LogP contribution in [0.1, 0.15) is 26.0 Å². The quantitative estimate of drug-likeness (QED) is 0.808. The number of hydrogen-bond donors (Lipinski definition) is 1. The maximum Gasteiger partial charge on any atom is 0.227 e. The van der Waals surface area contributed by atoms with Crippen molar-refractivity contribution in [2.75, 3.05) is 18.0 Å². The van der Waals surface area contributed by atoms with E-state index in [-0.39, 0.29) is 30.3 Å². The average Bonchev–Trinajstić information content (AvgIpc) is 3.04. The number of amides is 2. The molecule has 1 N–H and O–H groups in total. The molecule has 1 aromatic carbocycles. The summed E-state index contributed by atoms with van der Waals surface area (Å²) in [5, 5.41) is 2.89. The number of carbonyl (C=O) groups is 2. The first-order valence-electron chi connectivity index (χ1n) is 9.12. The van der Waals surface area contributed by atoms with E-state index in [9.17, 15) is 9.59 Å². The van der Waals surface area contributed by atoms with Crippen LogP contribution in [0.3, 0.4) is 0 Å². The highest BCUT2D eigenvalue weighted by Gasteiger charge is 2.34. The second-order valence-corrected chi connectivity index (χ2v) is 6.80. The molecule has 1 fully saturated rings. The SMILES string of the molecule is CC(C)Oc1ccc(N2CC(C(=O)NCCc3cnccn3)CC2=O)cc1. The van der Waals surface area contributed by atoms with Crippen molar-refractivity contribution >= 4 is 17.5 Å². The smallest absolute Gasteiger partial charge is 0.227 e. The van der Waals surface area contributed by atoms with Crippen molar-refractivity contribution in [3.05, 3.63) is 48.5 Å². The van der Waals surface area contributed by atoms with E-state index < -0.39 is 0 Å². The predicted molar refractivity (Wildman–Crippen MR) is 101 cm³/mol. The summed E-state index contributed by atoms with van der Waals surface area (Å²) in [4.78, 5) is 34.6. The van der Waals surface area contributed by atoms with Crippen LogP contribution in [0.25, 0.3) is 0 Å². The molecule has 0 bridgehead atoms. The van der Waals surface area contributed by atoms with Crippen LogP contribution < -0.4 is 15.0 Å². The van der Waals surface area contributed by atoms with Crippen LogP contribution in [0.2, 0.25) is 0 Å². The molecule has 1 aromatic heterocycles. The largest absolute Gasteiger partial charge is 0.491 e. The van der Waals surface area contributed by atoms with Gasteiger partial charge in [-0.15, -0.1) is 0 Å².